The average Bonchev–Trinajstić information content (AvgIpc) is 3.46. The maximum absolute atomic E-state index is 13.7. The van der Waals surface area contributed by atoms with Crippen molar-refractivity contribution in [3.05, 3.63) is 107 Å². The Kier molecular flexibility index (Phi) is 4.87. The SMILES string of the molecule is COC(=O)[C@@]12Cn3c(c(C)c4ccccc43)[C@@H]1N(Cc1ccccc1)O[C@@H]2c1ccc(C)cc1. The predicted octanol–water partition coefficient (Wildman–Crippen LogP) is 5.66. The summed E-state index contributed by atoms with van der Waals surface area (Å²) in [6, 6.07) is 26.7. The Hall–Kier alpha value is -3.41. The van der Waals surface area contributed by atoms with E-state index in [9.17, 15) is 4.79 Å². The molecule has 1 aromatic heterocycles. The first kappa shape index (κ1) is 21.1. The second-order valence-corrected chi connectivity index (χ2v) is 9.50. The second-order valence-electron chi connectivity index (χ2n) is 9.50. The van der Waals surface area contributed by atoms with Gasteiger partial charge >= 0.3 is 5.97 Å². The second kappa shape index (κ2) is 7.83. The third-order valence-corrected chi connectivity index (χ3v) is 7.56. The molecule has 5 nitrogen and oxygen atoms in total. The Morgan fingerprint density at radius 1 is 1.00 bits per heavy atom. The zero-order valence-electron chi connectivity index (χ0n) is 19.7. The number of aryl methyl sites for hydroxylation is 2. The number of fused-ring (bicyclic) bond motifs is 5. The van der Waals surface area contributed by atoms with E-state index >= 15 is 0 Å². The fourth-order valence-corrected chi connectivity index (χ4v) is 5.99. The number of ether oxygens (including phenoxy) is 1. The molecule has 6 rings (SSSR count). The Morgan fingerprint density at radius 3 is 2.44 bits per heavy atom. The van der Waals surface area contributed by atoms with Crippen LogP contribution in [0, 0.1) is 19.3 Å². The van der Waals surface area contributed by atoms with Crippen molar-refractivity contribution in [2.24, 2.45) is 5.41 Å². The van der Waals surface area contributed by atoms with Gasteiger partial charge in [-0.05, 0) is 36.6 Å². The van der Waals surface area contributed by atoms with Gasteiger partial charge in [0.05, 0.1) is 13.2 Å². The van der Waals surface area contributed by atoms with Gasteiger partial charge in [0.2, 0.25) is 0 Å². The van der Waals surface area contributed by atoms with Gasteiger partial charge in [0.1, 0.15) is 11.5 Å². The molecule has 0 bridgehead atoms. The lowest BCUT2D eigenvalue weighted by atomic mass is 9.74. The van der Waals surface area contributed by atoms with Gasteiger partial charge in [0, 0.05) is 29.7 Å². The van der Waals surface area contributed by atoms with Crippen LogP contribution < -0.4 is 0 Å². The predicted molar refractivity (Wildman–Crippen MR) is 131 cm³/mol. The minimum atomic E-state index is -0.886. The quantitative estimate of drug-likeness (QED) is 0.375. The lowest BCUT2D eigenvalue weighted by Crippen LogP contribution is -2.40. The third kappa shape index (κ3) is 2.90. The fraction of sp³-hybridized carbons (Fsp3) is 0.276. The lowest BCUT2D eigenvalue weighted by Gasteiger charge is -2.30. The van der Waals surface area contributed by atoms with Crippen LogP contribution in [0.25, 0.3) is 10.9 Å². The Labute approximate surface area is 199 Å². The summed E-state index contributed by atoms with van der Waals surface area (Å²) in [7, 11) is 1.48. The lowest BCUT2D eigenvalue weighted by molar-refractivity contribution is -0.178. The van der Waals surface area contributed by atoms with Gasteiger partial charge in [-0.15, -0.1) is 0 Å². The maximum Gasteiger partial charge on any atom is 0.318 e. The summed E-state index contributed by atoms with van der Waals surface area (Å²) in [6.45, 7) is 5.31. The molecule has 3 heterocycles. The van der Waals surface area contributed by atoms with Crippen molar-refractivity contribution in [3.8, 4) is 0 Å². The molecule has 3 aromatic carbocycles. The van der Waals surface area contributed by atoms with Crippen LogP contribution in [0.4, 0.5) is 0 Å². The van der Waals surface area contributed by atoms with Crippen LogP contribution in [-0.2, 0) is 27.5 Å². The molecule has 34 heavy (non-hydrogen) atoms. The first-order valence-corrected chi connectivity index (χ1v) is 11.7. The molecular weight excluding hydrogens is 424 g/mol. The molecule has 2 aliphatic heterocycles. The fourth-order valence-electron chi connectivity index (χ4n) is 5.99. The molecule has 0 aliphatic carbocycles. The van der Waals surface area contributed by atoms with Gasteiger partial charge < -0.3 is 9.30 Å². The van der Waals surface area contributed by atoms with Crippen LogP contribution in [0.5, 0.6) is 0 Å². The van der Waals surface area contributed by atoms with Gasteiger partial charge in [0.15, 0.2) is 0 Å². The van der Waals surface area contributed by atoms with Gasteiger partial charge in [-0.2, -0.15) is 5.06 Å². The monoisotopic (exact) mass is 452 g/mol. The molecule has 0 amide bonds. The summed E-state index contributed by atoms with van der Waals surface area (Å²) in [5, 5.41) is 3.23. The van der Waals surface area contributed by atoms with Crippen LogP contribution in [0.3, 0.4) is 0 Å². The minimum Gasteiger partial charge on any atom is -0.468 e. The number of hydrogen-bond acceptors (Lipinski definition) is 4. The summed E-state index contributed by atoms with van der Waals surface area (Å²) >= 11 is 0. The van der Waals surface area contributed by atoms with E-state index in [0.29, 0.717) is 13.1 Å². The normalized spacial score (nSPS) is 23.7. The Balaban J connectivity index is 1.57. The Morgan fingerprint density at radius 2 is 1.71 bits per heavy atom. The van der Waals surface area contributed by atoms with E-state index in [2.05, 4.69) is 79.1 Å². The third-order valence-electron chi connectivity index (χ3n) is 7.56. The topological polar surface area (TPSA) is 43.7 Å². The number of nitrogens with zero attached hydrogens (tertiary/aromatic N) is 2. The molecule has 3 atom stereocenters. The summed E-state index contributed by atoms with van der Waals surface area (Å²) in [5.41, 5.74) is 5.89. The number of carbonyl (C=O) groups excluding carboxylic acids is 1. The number of benzene rings is 3. The standard InChI is InChI=1S/C29H28N2O3/c1-19-13-15-22(16-14-19)27-29(28(32)33-3)18-30-24-12-8-7-11-23(24)20(2)25(30)26(29)31(34-27)17-21-9-5-4-6-10-21/h4-16,26-27H,17-18H2,1-3H3/t26-,27+,29-/m0/s1. The van der Waals surface area contributed by atoms with Gasteiger partial charge in [-0.1, -0.05) is 78.4 Å². The van der Waals surface area contributed by atoms with E-state index in [0.717, 1.165) is 22.3 Å². The van der Waals surface area contributed by atoms with Gasteiger partial charge in [-0.25, -0.2) is 0 Å². The van der Waals surface area contributed by atoms with Crippen LogP contribution >= 0.6 is 0 Å². The number of aromatic nitrogens is 1. The number of methoxy groups -OCH3 is 1. The van der Waals surface area contributed by atoms with Crippen molar-refractivity contribution in [2.75, 3.05) is 7.11 Å². The first-order valence-electron chi connectivity index (χ1n) is 11.7. The average molecular weight is 453 g/mol. The number of carbonyl (C=O) groups is 1. The van der Waals surface area contributed by atoms with Crippen LogP contribution in [0.15, 0.2) is 78.9 Å². The van der Waals surface area contributed by atoms with Crippen molar-refractivity contribution in [2.45, 2.75) is 39.1 Å². The van der Waals surface area contributed by atoms with Gasteiger partial charge in [0.25, 0.3) is 0 Å². The first-order chi connectivity index (χ1) is 16.5. The zero-order chi connectivity index (χ0) is 23.4. The smallest absolute Gasteiger partial charge is 0.318 e. The maximum atomic E-state index is 13.7. The summed E-state index contributed by atoms with van der Waals surface area (Å²) in [4.78, 5) is 20.4. The molecule has 0 unspecified atom stereocenters. The molecule has 0 radical (unpaired) electrons. The summed E-state index contributed by atoms with van der Waals surface area (Å²) in [5.74, 6) is -0.231. The van der Waals surface area contributed by atoms with Crippen LogP contribution in [-0.4, -0.2) is 22.7 Å². The van der Waals surface area contributed by atoms with Crippen molar-refractivity contribution < 1.29 is 14.4 Å². The summed E-state index contributed by atoms with van der Waals surface area (Å²) in [6.07, 6.45) is -0.452. The van der Waals surface area contributed by atoms with Crippen molar-refractivity contribution in [1.82, 2.24) is 9.63 Å². The molecule has 0 saturated carbocycles. The molecule has 172 valence electrons. The highest BCUT2D eigenvalue weighted by atomic mass is 16.7. The molecule has 5 heteroatoms. The highest BCUT2D eigenvalue weighted by Crippen LogP contribution is 2.62. The zero-order valence-corrected chi connectivity index (χ0v) is 19.7. The Bertz CT molecular complexity index is 1380. The molecule has 0 N–H and O–H groups in total. The van der Waals surface area contributed by atoms with E-state index in [4.69, 9.17) is 9.57 Å². The highest BCUT2D eigenvalue weighted by Gasteiger charge is 2.67. The van der Waals surface area contributed by atoms with E-state index in [-0.39, 0.29) is 12.0 Å². The van der Waals surface area contributed by atoms with E-state index in [1.807, 2.05) is 23.3 Å². The van der Waals surface area contributed by atoms with Crippen LogP contribution in [0.2, 0.25) is 0 Å². The van der Waals surface area contributed by atoms with E-state index < -0.39 is 11.5 Å². The number of hydrogen-bond donors (Lipinski definition) is 0. The number of rotatable bonds is 4. The molecule has 0 spiro atoms. The molecular formula is C29H28N2O3. The van der Waals surface area contributed by atoms with Crippen molar-refractivity contribution in [1.29, 1.82) is 0 Å². The number of hydroxylamine groups is 2. The van der Waals surface area contributed by atoms with E-state index in [1.54, 1.807) is 0 Å². The van der Waals surface area contributed by atoms with Gasteiger partial charge in [-0.3, -0.25) is 9.63 Å². The number of para-hydroxylation sites is 1. The van der Waals surface area contributed by atoms with Crippen LogP contribution in [0.1, 0.15) is 40.1 Å². The highest BCUT2D eigenvalue weighted by molar-refractivity contribution is 5.89. The summed E-state index contributed by atoms with van der Waals surface area (Å²) < 4.78 is 7.82. The molecule has 1 fully saturated rings. The van der Waals surface area contributed by atoms with Crippen molar-refractivity contribution in [3.63, 3.8) is 0 Å². The van der Waals surface area contributed by atoms with Crippen molar-refractivity contribution >= 4 is 16.9 Å². The minimum absolute atomic E-state index is 0.231. The molecule has 4 aromatic rings. The molecule has 1 saturated heterocycles. The molecule has 2 aliphatic rings. The van der Waals surface area contributed by atoms with E-state index in [1.165, 1.54) is 23.6 Å². The largest absolute Gasteiger partial charge is 0.468 e. The number of esters is 1.